The molecule has 38 heavy (non-hydrogen) atoms. The van der Waals surface area contributed by atoms with E-state index in [9.17, 15) is 14.3 Å². The Morgan fingerprint density at radius 1 is 1.18 bits per heavy atom. The zero-order valence-corrected chi connectivity index (χ0v) is 25.3. The topological polar surface area (TPSA) is 82.8 Å². The number of rotatable bonds is 11. The third kappa shape index (κ3) is 5.86. The number of ketones is 1. The van der Waals surface area contributed by atoms with E-state index in [1.165, 1.54) is 31.6 Å². The van der Waals surface area contributed by atoms with Crippen LogP contribution in [0.5, 0.6) is 11.5 Å². The molecule has 0 fully saturated rings. The van der Waals surface area contributed by atoms with Crippen molar-refractivity contribution in [3.63, 3.8) is 0 Å². The van der Waals surface area contributed by atoms with Gasteiger partial charge >= 0.3 is 0 Å². The molecule has 2 aromatic carbocycles. The van der Waals surface area contributed by atoms with Crippen LogP contribution in [0.15, 0.2) is 46.4 Å². The molecular formula is C27H30BrFN2O5SSi. The Hall–Kier alpha value is -2.57. The molecule has 2 aromatic heterocycles. The Morgan fingerprint density at radius 2 is 1.92 bits per heavy atom. The lowest BCUT2D eigenvalue weighted by Crippen LogP contribution is -2.23. The lowest BCUT2D eigenvalue weighted by molar-refractivity contribution is 0.0673. The number of ether oxygens (including phenoxy) is 3. The largest absolute Gasteiger partial charge is 0.493 e. The lowest BCUT2D eigenvalue weighted by atomic mass is 10.0. The number of carbonyl (C=O) groups excluding carboxylic acids is 1. The van der Waals surface area contributed by atoms with Gasteiger partial charge in [-0.15, -0.1) is 11.3 Å². The highest BCUT2D eigenvalue weighted by Crippen LogP contribution is 2.38. The van der Waals surface area contributed by atoms with Crippen molar-refractivity contribution in [2.75, 3.05) is 20.8 Å². The van der Waals surface area contributed by atoms with E-state index in [4.69, 9.17) is 14.2 Å². The Labute approximate surface area is 234 Å². The smallest absolute Gasteiger partial charge is 0.215 e. The van der Waals surface area contributed by atoms with E-state index in [1.54, 1.807) is 28.8 Å². The van der Waals surface area contributed by atoms with Crippen molar-refractivity contribution < 1.29 is 28.5 Å². The highest BCUT2D eigenvalue weighted by molar-refractivity contribution is 9.10. The summed E-state index contributed by atoms with van der Waals surface area (Å²) in [7, 11) is 1.66. The molecule has 0 aliphatic heterocycles. The molecule has 1 N–H and O–H groups in total. The molecule has 0 aliphatic carbocycles. The summed E-state index contributed by atoms with van der Waals surface area (Å²) in [4.78, 5) is 18.3. The number of thiophene rings is 1. The minimum Gasteiger partial charge on any atom is -0.493 e. The molecule has 0 radical (unpaired) electrons. The van der Waals surface area contributed by atoms with Crippen molar-refractivity contribution in [2.45, 2.75) is 38.5 Å². The number of Topliss-reactive ketones (excluding diaryl/α,β-unsaturated/α-hetero) is 1. The SMILES string of the molecule is COc1ccc(C(O)C(=O)c2c(Br)nc(-c3csc4c(F)cccc34)n2COCC[Si](C)(C)C)cc1OC. The molecule has 0 spiro atoms. The van der Waals surface area contributed by atoms with Crippen molar-refractivity contribution in [3.8, 4) is 22.9 Å². The summed E-state index contributed by atoms with van der Waals surface area (Å²) in [6.07, 6.45) is -1.49. The molecule has 0 amide bonds. The maximum absolute atomic E-state index is 14.4. The molecule has 2 heterocycles. The standard InChI is InChI=1S/C27H30BrFN2O5SSi/c1-34-20-10-9-16(13-21(20)35-2)23(32)24(33)22-26(28)30-27(31(22)15-36-11-12-38(3,4)5)18-14-37-25-17(18)7-6-8-19(25)29/h6-10,13-14,23,32H,11-12,15H2,1-5H3. The molecule has 0 aliphatic rings. The number of hydrogen-bond acceptors (Lipinski definition) is 7. The predicted molar refractivity (Wildman–Crippen MR) is 154 cm³/mol. The van der Waals surface area contributed by atoms with Gasteiger partial charge in [-0.2, -0.15) is 0 Å². The Bertz CT molecular complexity index is 1470. The first-order valence-corrected chi connectivity index (χ1v) is 17.4. The normalized spacial score (nSPS) is 12.6. The quantitative estimate of drug-likeness (QED) is 0.111. The lowest BCUT2D eigenvalue weighted by Gasteiger charge is -2.18. The molecule has 4 rings (SSSR count). The van der Waals surface area contributed by atoms with Gasteiger partial charge in [-0.05, 0) is 45.7 Å². The van der Waals surface area contributed by atoms with Crippen LogP contribution in [0.1, 0.15) is 22.2 Å². The van der Waals surface area contributed by atoms with E-state index in [1.807, 2.05) is 11.4 Å². The number of nitrogens with zero attached hydrogens (tertiary/aromatic N) is 2. The van der Waals surface area contributed by atoms with Gasteiger partial charge in [0.2, 0.25) is 5.78 Å². The maximum Gasteiger partial charge on any atom is 0.215 e. The van der Waals surface area contributed by atoms with Crippen molar-refractivity contribution in [1.29, 1.82) is 0 Å². The molecule has 0 saturated carbocycles. The zero-order chi connectivity index (χ0) is 27.6. The number of methoxy groups -OCH3 is 2. The summed E-state index contributed by atoms with van der Waals surface area (Å²) in [5, 5.41) is 13.6. The summed E-state index contributed by atoms with van der Waals surface area (Å²) >= 11 is 4.71. The first-order valence-electron chi connectivity index (χ1n) is 12.0. The minimum atomic E-state index is -1.49. The highest BCUT2D eigenvalue weighted by Gasteiger charge is 2.30. The third-order valence-corrected chi connectivity index (χ3v) is 9.40. The fourth-order valence-electron chi connectivity index (χ4n) is 4.02. The number of carbonyl (C=O) groups is 1. The van der Waals surface area contributed by atoms with Crippen LogP contribution in [-0.2, 0) is 11.5 Å². The van der Waals surface area contributed by atoms with Crippen molar-refractivity contribution in [1.82, 2.24) is 9.55 Å². The predicted octanol–water partition coefficient (Wildman–Crippen LogP) is 6.91. The van der Waals surface area contributed by atoms with Gasteiger partial charge in [-0.25, -0.2) is 9.37 Å². The average molecular weight is 622 g/mol. The fraction of sp³-hybridized carbons (Fsp3) is 0.333. The number of aliphatic hydroxyl groups is 1. The van der Waals surface area contributed by atoms with E-state index >= 15 is 0 Å². The zero-order valence-electron chi connectivity index (χ0n) is 21.9. The minimum absolute atomic E-state index is 0.0464. The van der Waals surface area contributed by atoms with Crippen molar-refractivity contribution >= 4 is 51.2 Å². The van der Waals surface area contributed by atoms with Gasteiger partial charge < -0.3 is 19.3 Å². The molecule has 1 atom stereocenters. The number of aromatic nitrogens is 2. The Morgan fingerprint density at radius 3 is 2.61 bits per heavy atom. The molecule has 0 saturated heterocycles. The van der Waals surface area contributed by atoms with Crippen LogP contribution in [0, 0.1) is 5.82 Å². The van der Waals surface area contributed by atoms with Gasteiger partial charge in [0.25, 0.3) is 0 Å². The number of hydrogen-bond donors (Lipinski definition) is 1. The van der Waals surface area contributed by atoms with E-state index in [-0.39, 0.29) is 22.8 Å². The van der Waals surface area contributed by atoms with E-state index in [0.717, 1.165) is 6.04 Å². The van der Waals surface area contributed by atoms with Crippen molar-refractivity contribution in [2.24, 2.45) is 0 Å². The van der Waals surface area contributed by atoms with Crippen LogP contribution in [-0.4, -0.2) is 49.3 Å². The van der Waals surface area contributed by atoms with Gasteiger partial charge in [0.05, 0.1) is 18.9 Å². The maximum atomic E-state index is 14.4. The summed E-state index contributed by atoms with van der Waals surface area (Å²) < 4.78 is 33.5. The average Bonchev–Trinajstić information content (AvgIpc) is 3.46. The number of benzene rings is 2. The summed E-state index contributed by atoms with van der Waals surface area (Å²) in [6.45, 7) is 7.35. The fourth-order valence-corrected chi connectivity index (χ4v) is 6.31. The number of halogens is 2. The second-order valence-corrected chi connectivity index (χ2v) is 17.3. The molecule has 7 nitrogen and oxygen atoms in total. The number of fused-ring (bicyclic) bond motifs is 1. The first kappa shape index (κ1) is 28.4. The molecule has 1 unspecified atom stereocenters. The van der Waals surface area contributed by atoms with Crippen molar-refractivity contribution in [3.05, 3.63) is 63.5 Å². The third-order valence-electron chi connectivity index (χ3n) is 6.14. The molecule has 4 aromatic rings. The van der Waals surface area contributed by atoms with Gasteiger partial charge in [-0.3, -0.25) is 9.36 Å². The molecule has 11 heteroatoms. The Balaban J connectivity index is 1.77. The number of imidazole rings is 1. The first-order chi connectivity index (χ1) is 18.1. The summed E-state index contributed by atoms with van der Waals surface area (Å²) in [5.41, 5.74) is 1.18. The van der Waals surface area contributed by atoms with Gasteiger partial charge in [-0.1, -0.05) is 37.8 Å². The van der Waals surface area contributed by atoms with Gasteiger partial charge in [0.1, 0.15) is 34.8 Å². The monoisotopic (exact) mass is 620 g/mol. The highest BCUT2D eigenvalue weighted by atomic mass is 79.9. The van der Waals surface area contributed by atoms with Crippen LogP contribution in [0.25, 0.3) is 21.5 Å². The van der Waals surface area contributed by atoms with Crippen LogP contribution in [0.4, 0.5) is 4.39 Å². The van der Waals surface area contributed by atoms with Crippen LogP contribution in [0.3, 0.4) is 0 Å². The van der Waals surface area contributed by atoms with E-state index < -0.39 is 20.0 Å². The molecule has 0 bridgehead atoms. The summed E-state index contributed by atoms with van der Waals surface area (Å²) in [6, 6.07) is 10.6. The van der Waals surface area contributed by atoms with Crippen LogP contribution < -0.4 is 9.47 Å². The second kappa shape index (κ2) is 11.7. The Kier molecular flexibility index (Phi) is 8.73. The van der Waals surface area contributed by atoms with Crippen LogP contribution in [0.2, 0.25) is 25.7 Å². The molecule has 202 valence electrons. The van der Waals surface area contributed by atoms with Gasteiger partial charge in [0.15, 0.2) is 11.5 Å². The second-order valence-electron chi connectivity index (χ2n) is 10.00. The van der Waals surface area contributed by atoms with E-state index in [0.29, 0.717) is 45.1 Å². The van der Waals surface area contributed by atoms with Crippen LogP contribution >= 0.6 is 27.3 Å². The number of aliphatic hydroxyl groups excluding tert-OH is 1. The molecular weight excluding hydrogens is 591 g/mol. The van der Waals surface area contributed by atoms with Gasteiger partial charge in [0, 0.05) is 31.0 Å². The summed E-state index contributed by atoms with van der Waals surface area (Å²) in [5.74, 6) is 0.442. The van der Waals surface area contributed by atoms with E-state index in [2.05, 4.69) is 40.6 Å².